The van der Waals surface area contributed by atoms with E-state index in [9.17, 15) is 4.79 Å². The van der Waals surface area contributed by atoms with Crippen LogP contribution in [0.15, 0.2) is 6.20 Å². The van der Waals surface area contributed by atoms with Crippen molar-refractivity contribution in [2.24, 2.45) is 0 Å². The van der Waals surface area contributed by atoms with Crippen LogP contribution in [0.1, 0.15) is 44.9 Å². The molecule has 1 amide bonds. The summed E-state index contributed by atoms with van der Waals surface area (Å²) in [6.45, 7) is 8.42. The molecule has 6 nitrogen and oxygen atoms in total. The van der Waals surface area contributed by atoms with E-state index in [1.54, 1.807) is 0 Å². The van der Waals surface area contributed by atoms with E-state index in [4.69, 9.17) is 4.74 Å². The lowest BCUT2D eigenvalue weighted by molar-refractivity contribution is 0.0465. The van der Waals surface area contributed by atoms with Crippen LogP contribution in [0.5, 0.6) is 0 Å². The second-order valence-electron chi connectivity index (χ2n) is 6.41. The van der Waals surface area contributed by atoms with Gasteiger partial charge < -0.3 is 15.4 Å². The number of H-pyrrole nitrogens is 1. The topological polar surface area (TPSA) is 79.0 Å². The van der Waals surface area contributed by atoms with Crippen LogP contribution in [-0.2, 0) is 11.3 Å². The van der Waals surface area contributed by atoms with Gasteiger partial charge in [0.15, 0.2) is 0 Å². The minimum absolute atomic E-state index is 0.216. The molecule has 1 aromatic heterocycles. The summed E-state index contributed by atoms with van der Waals surface area (Å²) in [6, 6.07) is 0.664. The predicted octanol–water partition coefficient (Wildman–Crippen LogP) is 1.86. The Morgan fingerprint density at radius 1 is 1.45 bits per heavy atom. The van der Waals surface area contributed by atoms with Crippen LogP contribution in [0.3, 0.4) is 0 Å². The fourth-order valence-electron chi connectivity index (χ4n) is 2.18. The number of carbonyl (C=O) groups is 1. The van der Waals surface area contributed by atoms with Crippen molar-refractivity contribution in [2.75, 3.05) is 0 Å². The van der Waals surface area contributed by atoms with Crippen LogP contribution in [0.25, 0.3) is 0 Å². The first-order valence-corrected chi connectivity index (χ1v) is 7.05. The average molecular weight is 280 g/mol. The summed E-state index contributed by atoms with van der Waals surface area (Å²) >= 11 is 0. The van der Waals surface area contributed by atoms with Gasteiger partial charge in [0.1, 0.15) is 5.60 Å². The molecule has 0 aliphatic heterocycles. The number of aryl methyl sites for hydroxylation is 1. The molecular weight excluding hydrogens is 256 g/mol. The monoisotopic (exact) mass is 280 g/mol. The number of hydrogen-bond donors (Lipinski definition) is 3. The Kier molecular flexibility index (Phi) is 4.32. The van der Waals surface area contributed by atoms with E-state index in [2.05, 4.69) is 20.8 Å². The van der Waals surface area contributed by atoms with Crippen molar-refractivity contribution in [3.8, 4) is 0 Å². The fraction of sp³-hybridized carbons (Fsp3) is 0.714. The molecule has 0 aromatic carbocycles. The first kappa shape index (κ1) is 14.8. The van der Waals surface area contributed by atoms with Gasteiger partial charge in [-0.2, -0.15) is 5.10 Å². The van der Waals surface area contributed by atoms with Gasteiger partial charge in [0, 0.05) is 29.9 Å². The lowest BCUT2D eigenvalue weighted by atomic mass is 9.87. The van der Waals surface area contributed by atoms with Gasteiger partial charge in [-0.15, -0.1) is 0 Å². The third kappa shape index (κ3) is 4.23. The maximum atomic E-state index is 11.6. The summed E-state index contributed by atoms with van der Waals surface area (Å²) in [6.07, 6.45) is 3.40. The molecule has 0 bridgehead atoms. The summed E-state index contributed by atoms with van der Waals surface area (Å²) in [5.41, 5.74) is 1.85. The molecule has 112 valence electrons. The molecule has 0 radical (unpaired) electrons. The van der Waals surface area contributed by atoms with Gasteiger partial charge in [-0.05, 0) is 40.5 Å². The van der Waals surface area contributed by atoms with Crippen LogP contribution < -0.4 is 10.6 Å². The maximum absolute atomic E-state index is 11.6. The normalized spacial score (nSPS) is 22.2. The molecule has 3 N–H and O–H groups in total. The molecule has 1 aliphatic carbocycles. The van der Waals surface area contributed by atoms with Crippen molar-refractivity contribution in [3.05, 3.63) is 17.5 Å². The highest BCUT2D eigenvalue weighted by Gasteiger charge is 2.31. The minimum Gasteiger partial charge on any atom is -0.444 e. The Bertz CT molecular complexity index is 458. The van der Waals surface area contributed by atoms with Crippen LogP contribution in [0.4, 0.5) is 4.79 Å². The van der Waals surface area contributed by atoms with Crippen molar-refractivity contribution in [1.82, 2.24) is 20.8 Å². The summed E-state index contributed by atoms with van der Waals surface area (Å²) in [4.78, 5) is 11.6. The largest absolute Gasteiger partial charge is 0.444 e. The van der Waals surface area contributed by atoms with Crippen molar-refractivity contribution in [1.29, 1.82) is 0 Å². The Balaban J connectivity index is 1.63. The molecule has 2 rings (SSSR count). The lowest BCUT2D eigenvalue weighted by Gasteiger charge is -2.36. The van der Waals surface area contributed by atoms with E-state index < -0.39 is 5.60 Å². The minimum atomic E-state index is -0.440. The first-order chi connectivity index (χ1) is 9.33. The van der Waals surface area contributed by atoms with Crippen molar-refractivity contribution in [3.63, 3.8) is 0 Å². The molecule has 0 spiro atoms. The zero-order valence-corrected chi connectivity index (χ0v) is 12.6. The standard InChI is InChI=1S/C14H24N4O2/c1-9-10(8-16-18-9)7-15-11-5-12(6-11)17-13(19)20-14(2,3)4/h8,11-12,15H,5-7H2,1-4H3,(H,16,18)(H,17,19). The molecule has 1 aliphatic rings. The smallest absolute Gasteiger partial charge is 0.407 e. The van der Waals surface area contributed by atoms with Gasteiger partial charge in [0.25, 0.3) is 0 Å². The first-order valence-electron chi connectivity index (χ1n) is 7.05. The second kappa shape index (κ2) is 5.83. The number of nitrogens with one attached hydrogen (secondary N) is 3. The number of alkyl carbamates (subject to hydrolysis) is 1. The molecule has 0 saturated heterocycles. The number of carbonyl (C=O) groups excluding carboxylic acids is 1. The van der Waals surface area contributed by atoms with E-state index in [1.165, 1.54) is 5.56 Å². The van der Waals surface area contributed by atoms with Crippen molar-refractivity contribution < 1.29 is 9.53 Å². The Labute approximate surface area is 119 Å². The van der Waals surface area contributed by atoms with E-state index in [-0.39, 0.29) is 12.1 Å². The molecule has 1 saturated carbocycles. The van der Waals surface area contributed by atoms with Gasteiger partial charge in [-0.1, -0.05) is 0 Å². The van der Waals surface area contributed by atoms with Crippen LogP contribution in [0.2, 0.25) is 0 Å². The molecule has 1 aromatic rings. The highest BCUT2D eigenvalue weighted by atomic mass is 16.6. The van der Waals surface area contributed by atoms with Gasteiger partial charge in [0.2, 0.25) is 0 Å². The van der Waals surface area contributed by atoms with Crippen LogP contribution in [-0.4, -0.2) is 34.0 Å². The Hall–Kier alpha value is -1.56. The van der Waals surface area contributed by atoms with Crippen molar-refractivity contribution >= 4 is 6.09 Å². The summed E-state index contributed by atoms with van der Waals surface area (Å²) in [7, 11) is 0. The van der Waals surface area contributed by atoms with Crippen LogP contribution in [0, 0.1) is 6.92 Å². The number of aromatic nitrogens is 2. The molecule has 0 unspecified atom stereocenters. The predicted molar refractivity (Wildman–Crippen MR) is 76.3 cm³/mol. The van der Waals surface area contributed by atoms with E-state index in [0.717, 1.165) is 25.1 Å². The number of rotatable bonds is 4. The summed E-state index contributed by atoms with van der Waals surface area (Å²) in [5, 5.41) is 13.3. The molecule has 0 atom stereocenters. The zero-order valence-electron chi connectivity index (χ0n) is 12.6. The number of nitrogens with zero attached hydrogens (tertiary/aromatic N) is 1. The third-order valence-electron chi connectivity index (χ3n) is 3.37. The fourth-order valence-corrected chi connectivity index (χ4v) is 2.18. The Morgan fingerprint density at radius 3 is 2.70 bits per heavy atom. The van der Waals surface area contributed by atoms with Gasteiger partial charge in [-0.3, -0.25) is 5.10 Å². The molecule has 6 heteroatoms. The molecule has 1 heterocycles. The van der Waals surface area contributed by atoms with E-state index >= 15 is 0 Å². The third-order valence-corrected chi connectivity index (χ3v) is 3.37. The summed E-state index contributed by atoms with van der Waals surface area (Å²) < 4.78 is 5.23. The van der Waals surface area contributed by atoms with Gasteiger partial charge >= 0.3 is 6.09 Å². The zero-order chi connectivity index (χ0) is 14.8. The summed E-state index contributed by atoms with van der Waals surface area (Å²) in [5.74, 6) is 0. The number of hydrogen-bond acceptors (Lipinski definition) is 4. The highest BCUT2D eigenvalue weighted by Crippen LogP contribution is 2.21. The number of amides is 1. The van der Waals surface area contributed by atoms with Crippen LogP contribution >= 0.6 is 0 Å². The van der Waals surface area contributed by atoms with E-state index in [0.29, 0.717) is 6.04 Å². The molecule has 1 fully saturated rings. The SMILES string of the molecule is Cc1[nH]ncc1CNC1CC(NC(=O)OC(C)(C)C)C1. The van der Waals surface area contributed by atoms with Gasteiger partial charge in [-0.25, -0.2) is 4.79 Å². The maximum Gasteiger partial charge on any atom is 0.407 e. The van der Waals surface area contributed by atoms with E-state index in [1.807, 2.05) is 33.9 Å². The molecule has 20 heavy (non-hydrogen) atoms. The lowest BCUT2D eigenvalue weighted by Crippen LogP contribution is -2.52. The molecular formula is C14H24N4O2. The number of ether oxygens (including phenoxy) is 1. The van der Waals surface area contributed by atoms with Gasteiger partial charge in [0.05, 0.1) is 6.20 Å². The van der Waals surface area contributed by atoms with Crippen molar-refractivity contribution in [2.45, 2.75) is 64.8 Å². The number of aromatic amines is 1. The average Bonchev–Trinajstić information content (AvgIpc) is 2.64. The highest BCUT2D eigenvalue weighted by molar-refractivity contribution is 5.68. The quantitative estimate of drug-likeness (QED) is 0.786. The Morgan fingerprint density at radius 2 is 2.15 bits per heavy atom. The second-order valence-corrected chi connectivity index (χ2v) is 6.41.